The van der Waals surface area contributed by atoms with Gasteiger partial charge in [0.25, 0.3) is 0 Å². The van der Waals surface area contributed by atoms with Gasteiger partial charge in [-0.25, -0.2) is 0 Å². The molecule has 7 aromatic rings. The molecule has 0 atom stereocenters. The fourth-order valence-corrected chi connectivity index (χ4v) is 6.29. The minimum Gasteiger partial charge on any atom is -0.462 e. The Kier molecular flexibility index (Phi) is 10.9. The van der Waals surface area contributed by atoms with Crippen molar-refractivity contribution >= 4 is 32.7 Å². The van der Waals surface area contributed by atoms with E-state index < -0.39 is 17.6 Å². The number of rotatable bonds is 4. The first-order valence-electron chi connectivity index (χ1n) is 16.6. The summed E-state index contributed by atoms with van der Waals surface area (Å²) in [6.07, 6.45) is -0.268. The summed E-state index contributed by atoms with van der Waals surface area (Å²) in [5.74, 6) is 0.112. The maximum absolute atomic E-state index is 12.7. The summed E-state index contributed by atoms with van der Waals surface area (Å²) < 4.78 is 57.3. The van der Waals surface area contributed by atoms with Gasteiger partial charge in [0, 0.05) is 54.8 Å². The minimum absolute atomic E-state index is 0. The van der Waals surface area contributed by atoms with Crippen molar-refractivity contribution in [3.8, 4) is 22.5 Å². The second-order valence-corrected chi connectivity index (χ2v) is 14.2. The second-order valence-electron chi connectivity index (χ2n) is 14.2. The molecule has 7 rings (SSSR count). The topological polar surface area (TPSA) is 38.9 Å². The van der Waals surface area contributed by atoms with Crippen LogP contribution in [0.2, 0.25) is 0 Å². The molecule has 0 saturated heterocycles. The van der Waals surface area contributed by atoms with Crippen molar-refractivity contribution in [3.63, 3.8) is 0 Å². The Morgan fingerprint density at radius 3 is 2.20 bits per heavy atom. The van der Waals surface area contributed by atoms with Gasteiger partial charge in [-0.2, -0.15) is 13.2 Å². The maximum Gasteiger partial charge on any atom is 0.416 e. The Morgan fingerprint density at radius 2 is 1.53 bits per heavy atom. The Labute approximate surface area is 309 Å². The first-order chi connectivity index (χ1) is 23.6. The summed E-state index contributed by atoms with van der Waals surface area (Å²) in [5.41, 5.74) is 7.14. The summed E-state index contributed by atoms with van der Waals surface area (Å²) in [5, 5.41) is 4.67. The standard InChI is InChI=1S/C30H30NO.C13H8F4N.Ir/c1-18(2)13-20-11-12-24-26(14-20)32-29-27(24)19(3)17-31-28(29)22-15-21-9-7-8-10-23(21)25(16-22)30(4,5)6;1-8-7-18-12(6-11(8)13(15,16)17)9-2-4-10(14)5-3-9;/h7-12,14,16-18H,13H2,1-6H3;2,4-7H,1H3;/q2*-1;. The maximum atomic E-state index is 12.7. The molecule has 51 heavy (non-hydrogen) atoms. The number of alkyl halides is 3. The Bertz CT molecular complexity index is 2340. The number of fused-ring (bicyclic) bond motifs is 4. The van der Waals surface area contributed by atoms with Gasteiger partial charge in [0.05, 0.1) is 5.56 Å². The fraction of sp³-hybridized carbons (Fsp3) is 0.256. The van der Waals surface area contributed by atoms with Gasteiger partial charge < -0.3 is 9.40 Å². The number of aryl methyl sites for hydroxylation is 2. The Morgan fingerprint density at radius 1 is 0.804 bits per heavy atom. The molecule has 1 radical (unpaired) electrons. The monoisotopic (exact) mass is 867 g/mol. The zero-order valence-corrected chi connectivity index (χ0v) is 31.9. The average Bonchev–Trinajstić information content (AvgIpc) is 3.44. The average molecular weight is 867 g/mol. The molecule has 0 spiro atoms. The Hall–Kier alpha value is -4.39. The van der Waals surface area contributed by atoms with Gasteiger partial charge >= 0.3 is 6.18 Å². The van der Waals surface area contributed by atoms with E-state index in [4.69, 9.17) is 9.40 Å². The van der Waals surface area contributed by atoms with Crippen molar-refractivity contribution < 1.29 is 42.1 Å². The molecule has 3 heterocycles. The van der Waals surface area contributed by atoms with Crippen LogP contribution in [-0.2, 0) is 38.1 Å². The largest absolute Gasteiger partial charge is 0.462 e. The number of halogens is 4. The van der Waals surface area contributed by atoms with Gasteiger partial charge in [-0.1, -0.05) is 82.0 Å². The van der Waals surface area contributed by atoms with Crippen LogP contribution in [0.15, 0.2) is 89.6 Å². The fourth-order valence-electron chi connectivity index (χ4n) is 6.29. The van der Waals surface area contributed by atoms with E-state index in [1.165, 1.54) is 29.5 Å². The predicted molar refractivity (Wildman–Crippen MR) is 193 cm³/mol. The van der Waals surface area contributed by atoms with Crippen molar-refractivity contribution in [2.45, 2.75) is 66.5 Å². The van der Waals surface area contributed by atoms with Gasteiger partial charge in [0.1, 0.15) is 11.2 Å². The SMILES string of the molecule is Cc1cnc(-c2[c-]c3ccccc3c(C(C)(C)C)c2)c2oc3cc(CC(C)C)ccc3c12.Cc1cnc(-c2[c-]cc(F)cc2)cc1C(F)(F)F.[Ir]. The van der Waals surface area contributed by atoms with E-state index in [9.17, 15) is 17.6 Å². The van der Waals surface area contributed by atoms with Crippen LogP contribution in [0.4, 0.5) is 17.6 Å². The zero-order valence-electron chi connectivity index (χ0n) is 29.5. The van der Waals surface area contributed by atoms with Gasteiger partial charge in [0.2, 0.25) is 0 Å². The quantitative estimate of drug-likeness (QED) is 0.131. The van der Waals surface area contributed by atoms with Crippen LogP contribution < -0.4 is 0 Å². The zero-order chi connectivity index (χ0) is 36.0. The smallest absolute Gasteiger partial charge is 0.416 e. The van der Waals surface area contributed by atoms with Gasteiger partial charge in [-0.15, -0.1) is 59.0 Å². The van der Waals surface area contributed by atoms with Crippen LogP contribution in [0, 0.1) is 37.7 Å². The molecule has 0 amide bonds. The van der Waals surface area contributed by atoms with Gasteiger partial charge in [-0.3, -0.25) is 9.37 Å². The van der Waals surface area contributed by atoms with Crippen molar-refractivity contribution in [3.05, 3.63) is 131 Å². The third-order valence-corrected chi connectivity index (χ3v) is 8.69. The van der Waals surface area contributed by atoms with Crippen LogP contribution in [0.1, 0.15) is 62.4 Å². The van der Waals surface area contributed by atoms with E-state index in [0.29, 0.717) is 11.5 Å². The van der Waals surface area contributed by atoms with E-state index in [2.05, 4.69) is 107 Å². The number of hydrogen-bond acceptors (Lipinski definition) is 3. The number of aromatic nitrogens is 2. The first-order valence-corrected chi connectivity index (χ1v) is 16.6. The molecule has 0 saturated carbocycles. The van der Waals surface area contributed by atoms with Gasteiger partial charge in [0.15, 0.2) is 0 Å². The summed E-state index contributed by atoms with van der Waals surface area (Å²) in [6, 6.07) is 28.1. The van der Waals surface area contributed by atoms with E-state index in [1.54, 1.807) is 0 Å². The molecule has 0 bridgehead atoms. The summed E-state index contributed by atoms with van der Waals surface area (Å²) in [7, 11) is 0. The van der Waals surface area contributed by atoms with Crippen LogP contribution >= 0.6 is 0 Å². The molecule has 0 aliphatic rings. The molecule has 0 aliphatic carbocycles. The van der Waals surface area contributed by atoms with Crippen molar-refractivity contribution in [2.24, 2.45) is 5.92 Å². The first kappa shape index (κ1) is 37.9. The van der Waals surface area contributed by atoms with E-state index in [1.807, 2.05) is 6.20 Å². The number of hydrogen-bond donors (Lipinski definition) is 0. The number of furan rings is 1. The molecule has 8 heteroatoms. The van der Waals surface area contributed by atoms with Gasteiger partial charge in [-0.05, 0) is 60.1 Å². The molecule has 0 aliphatic heterocycles. The number of nitrogens with zero attached hydrogens (tertiary/aromatic N) is 2. The molecule has 3 aromatic heterocycles. The summed E-state index contributed by atoms with van der Waals surface area (Å²) >= 11 is 0. The van der Waals surface area contributed by atoms with Crippen molar-refractivity contribution in [2.75, 3.05) is 0 Å². The third-order valence-electron chi connectivity index (χ3n) is 8.69. The summed E-state index contributed by atoms with van der Waals surface area (Å²) in [4.78, 5) is 8.75. The molecular formula is C43H38F4IrN2O-2. The summed E-state index contributed by atoms with van der Waals surface area (Å²) in [6.45, 7) is 14.7. The predicted octanol–water partition coefficient (Wildman–Crippen LogP) is 12.4. The minimum atomic E-state index is -4.43. The van der Waals surface area contributed by atoms with E-state index in [-0.39, 0.29) is 36.8 Å². The van der Waals surface area contributed by atoms with Crippen LogP contribution in [-0.4, -0.2) is 9.97 Å². The van der Waals surface area contributed by atoms with E-state index >= 15 is 0 Å². The van der Waals surface area contributed by atoms with Crippen molar-refractivity contribution in [1.29, 1.82) is 0 Å². The van der Waals surface area contributed by atoms with E-state index in [0.717, 1.165) is 75.0 Å². The molecule has 4 aromatic carbocycles. The molecular weight excluding hydrogens is 829 g/mol. The Balaban J connectivity index is 0.000000226. The molecule has 3 nitrogen and oxygen atoms in total. The molecule has 0 fully saturated rings. The van der Waals surface area contributed by atoms with Crippen LogP contribution in [0.3, 0.4) is 0 Å². The van der Waals surface area contributed by atoms with Crippen LogP contribution in [0.5, 0.6) is 0 Å². The second kappa shape index (κ2) is 14.7. The normalized spacial score (nSPS) is 11.9. The number of benzene rings is 4. The van der Waals surface area contributed by atoms with Crippen LogP contribution in [0.25, 0.3) is 55.2 Å². The number of pyridine rings is 2. The molecule has 265 valence electrons. The third kappa shape index (κ3) is 8.08. The molecule has 0 N–H and O–H groups in total. The van der Waals surface area contributed by atoms with Crippen molar-refractivity contribution in [1.82, 2.24) is 9.97 Å². The molecule has 0 unspecified atom stereocenters.